The average Bonchev–Trinajstić information content (AvgIpc) is 3.21. The van der Waals surface area contributed by atoms with Gasteiger partial charge in [0, 0.05) is 16.8 Å². The first-order valence-corrected chi connectivity index (χ1v) is 11.1. The molecule has 0 aliphatic carbocycles. The molecule has 1 atom stereocenters. The normalized spacial score (nSPS) is 12.4. The molecule has 3 N–H and O–H groups in total. The topological polar surface area (TPSA) is 136 Å². The fourth-order valence-electron chi connectivity index (χ4n) is 3.65. The number of benzene rings is 1. The summed E-state index contributed by atoms with van der Waals surface area (Å²) in [6.07, 6.45) is 0. The maximum atomic E-state index is 12.9. The van der Waals surface area contributed by atoms with E-state index in [0.717, 1.165) is 0 Å². The van der Waals surface area contributed by atoms with E-state index < -0.39 is 17.6 Å². The third-order valence-electron chi connectivity index (χ3n) is 5.82. The van der Waals surface area contributed by atoms with Crippen LogP contribution in [0.2, 0.25) is 0 Å². The number of pyridine rings is 1. The molecule has 3 aromatic heterocycles. The first kappa shape index (κ1) is 24.0. The van der Waals surface area contributed by atoms with Gasteiger partial charge in [-0.05, 0) is 64.1 Å². The first-order valence-electron chi connectivity index (χ1n) is 11.1. The summed E-state index contributed by atoms with van der Waals surface area (Å²) in [6, 6.07) is 15.6. The summed E-state index contributed by atoms with van der Waals surface area (Å²) < 4.78 is 1.58. The highest BCUT2D eigenvalue weighted by atomic mass is 16.3. The van der Waals surface area contributed by atoms with Gasteiger partial charge in [-0.3, -0.25) is 9.78 Å². The van der Waals surface area contributed by atoms with Gasteiger partial charge < -0.3 is 15.5 Å². The van der Waals surface area contributed by atoms with E-state index in [4.69, 9.17) is 4.98 Å². The van der Waals surface area contributed by atoms with Crippen molar-refractivity contribution in [2.75, 3.05) is 0 Å². The van der Waals surface area contributed by atoms with Crippen molar-refractivity contribution in [1.82, 2.24) is 24.9 Å². The Kier molecular flexibility index (Phi) is 6.35. The Morgan fingerprint density at radius 2 is 1.94 bits per heavy atom. The number of aliphatic hydroxyl groups is 2. The summed E-state index contributed by atoms with van der Waals surface area (Å²) in [6.45, 7) is 6.55. The van der Waals surface area contributed by atoms with Crippen LogP contribution >= 0.6 is 0 Å². The predicted octanol–water partition coefficient (Wildman–Crippen LogP) is 3.02. The molecule has 0 saturated heterocycles. The number of fused-ring (bicyclic) bond motifs is 1. The second kappa shape index (κ2) is 9.25. The zero-order valence-corrected chi connectivity index (χ0v) is 19.9. The van der Waals surface area contributed by atoms with Gasteiger partial charge in [0.2, 0.25) is 0 Å². The Bertz CT molecular complexity index is 1460. The summed E-state index contributed by atoms with van der Waals surface area (Å²) in [4.78, 5) is 22.0. The molecule has 0 radical (unpaired) electrons. The zero-order chi connectivity index (χ0) is 25.3. The smallest absolute Gasteiger partial charge is 0.272 e. The fourth-order valence-corrected chi connectivity index (χ4v) is 3.65. The Morgan fingerprint density at radius 3 is 2.63 bits per heavy atom. The van der Waals surface area contributed by atoms with Gasteiger partial charge in [-0.25, -0.2) is 9.50 Å². The van der Waals surface area contributed by atoms with Gasteiger partial charge in [0.1, 0.15) is 11.4 Å². The van der Waals surface area contributed by atoms with E-state index in [1.54, 1.807) is 61.7 Å². The van der Waals surface area contributed by atoms with Crippen molar-refractivity contribution >= 4 is 11.6 Å². The lowest BCUT2D eigenvalue weighted by atomic mass is 10.0. The minimum absolute atomic E-state index is 0.151. The van der Waals surface area contributed by atoms with E-state index in [2.05, 4.69) is 21.5 Å². The highest BCUT2D eigenvalue weighted by Crippen LogP contribution is 2.33. The molecular formula is C26H26N6O3. The SMILES string of the molecule is Cc1cc(-c2c(-c3cccc(C#N)c3)nc3ccc(C(=O)NC(C)C(C)(C)O)nn23)cc(CO)n1. The lowest BCUT2D eigenvalue weighted by molar-refractivity contribution is 0.0407. The average molecular weight is 471 g/mol. The number of carbonyl (C=O) groups is 1. The van der Waals surface area contributed by atoms with Crippen LogP contribution in [0.25, 0.3) is 28.2 Å². The van der Waals surface area contributed by atoms with Crippen LogP contribution in [-0.4, -0.2) is 47.3 Å². The van der Waals surface area contributed by atoms with Crippen LogP contribution in [0.3, 0.4) is 0 Å². The molecule has 0 aliphatic heterocycles. The molecule has 178 valence electrons. The number of hydrogen-bond donors (Lipinski definition) is 3. The molecule has 3 heterocycles. The number of aliphatic hydroxyl groups excluding tert-OH is 1. The van der Waals surface area contributed by atoms with Gasteiger partial charge in [0.15, 0.2) is 5.65 Å². The fraction of sp³-hybridized carbons (Fsp3) is 0.269. The number of rotatable bonds is 6. The van der Waals surface area contributed by atoms with E-state index in [1.807, 2.05) is 19.1 Å². The van der Waals surface area contributed by atoms with Crippen LogP contribution in [-0.2, 0) is 6.61 Å². The van der Waals surface area contributed by atoms with Gasteiger partial charge >= 0.3 is 0 Å². The number of hydrogen-bond acceptors (Lipinski definition) is 7. The van der Waals surface area contributed by atoms with Crippen molar-refractivity contribution in [3.63, 3.8) is 0 Å². The van der Waals surface area contributed by atoms with Crippen LogP contribution in [0, 0.1) is 18.3 Å². The molecule has 1 aromatic carbocycles. The molecule has 4 aromatic rings. The molecule has 0 saturated carbocycles. The second-order valence-electron chi connectivity index (χ2n) is 8.99. The molecule has 1 amide bonds. The maximum Gasteiger partial charge on any atom is 0.272 e. The summed E-state index contributed by atoms with van der Waals surface area (Å²) in [7, 11) is 0. The number of nitrogens with zero attached hydrogens (tertiary/aromatic N) is 5. The van der Waals surface area contributed by atoms with Crippen molar-refractivity contribution in [2.24, 2.45) is 0 Å². The molecule has 9 nitrogen and oxygen atoms in total. The molecule has 9 heteroatoms. The summed E-state index contributed by atoms with van der Waals surface area (Å²) in [5, 5.41) is 36.6. The molecule has 1 unspecified atom stereocenters. The molecule has 0 spiro atoms. The monoisotopic (exact) mass is 470 g/mol. The highest BCUT2D eigenvalue weighted by molar-refractivity contribution is 5.93. The summed E-state index contributed by atoms with van der Waals surface area (Å²) in [5.41, 5.74) is 3.82. The number of nitriles is 1. The molecule has 0 aliphatic rings. The second-order valence-corrected chi connectivity index (χ2v) is 8.99. The molecule has 0 fully saturated rings. The predicted molar refractivity (Wildman–Crippen MR) is 130 cm³/mol. The van der Waals surface area contributed by atoms with E-state index in [9.17, 15) is 20.3 Å². The van der Waals surface area contributed by atoms with Crippen molar-refractivity contribution < 1.29 is 15.0 Å². The molecule has 0 bridgehead atoms. The summed E-state index contributed by atoms with van der Waals surface area (Å²) >= 11 is 0. The molecule has 35 heavy (non-hydrogen) atoms. The molecule has 4 rings (SSSR count). The van der Waals surface area contributed by atoms with Crippen molar-refractivity contribution in [2.45, 2.75) is 45.9 Å². The maximum absolute atomic E-state index is 12.9. The van der Waals surface area contributed by atoms with Gasteiger partial charge in [-0.1, -0.05) is 12.1 Å². The lowest BCUT2D eigenvalue weighted by Crippen LogP contribution is -2.47. The Hall–Kier alpha value is -4.13. The van der Waals surface area contributed by atoms with Gasteiger partial charge in [-0.2, -0.15) is 10.4 Å². The largest absolute Gasteiger partial charge is 0.390 e. The zero-order valence-electron chi connectivity index (χ0n) is 19.9. The van der Waals surface area contributed by atoms with E-state index in [-0.39, 0.29) is 12.3 Å². The Morgan fingerprint density at radius 1 is 1.17 bits per heavy atom. The number of nitrogens with one attached hydrogen (secondary N) is 1. The highest BCUT2D eigenvalue weighted by Gasteiger charge is 2.26. The van der Waals surface area contributed by atoms with E-state index in [0.29, 0.717) is 45.1 Å². The van der Waals surface area contributed by atoms with Crippen molar-refractivity contribution in [3.05, 3.63) is 71.2 Å². The van der Waals surface area contributed by atoms with Crippen LogP contribution < -0.4 is 5.32 Å². The lowest BCUT2D eigenvalue weighted by Gasteiger charge is -2.26. The van der Waals surface area contributed by atoms with Crippen molar-refractivity contribution in [1.29, 1.82) is 5.26 Å². The van der Waals surface area contributed by atoms with E-state index >= 15 is 0 Å². The van der Waals surface area contributed by atoms with Crippen LogP contribution in [0.5, 0.6) is 0 Å². The molecular weight excluding hydrogens is 444 g/mol. The minimum Gasteiger partial charge on any atom is -0.390 e. The summed E-state index contributed by atoms with van der Waals surface area (Å²) in [5.74, 6) is -0.434. The van der Waals surface area contributed by atoms with Gasteiger partial charge in [0.25, 0.3) is 5.91 Å². The standard InChI is InChI=1S/C26H26N6O3/c1-15-10-19(12-20(14-33)28-15)24-23(18-7-5-6-17(11-18)13-27)30-22-9-8-21(31-32(22)24)25(34)29-16(2)26(3,4)35/h5-12,16,33,35H,14H2,1-4H3,(H,29,34). The van der Waals surface area contributed by atoms with Crippen LogP contribution in [0.4, 0.5) is 0 Å². The number of amides is 1. The number of aromatic nitrogens is 4. The van der Waals surface area contributed by atoms with Crippen molar-refractivity contribution in [3.8, 4) is 28.6 Å². The van der Waals surface area contributed by atoms with Gasteiger partial charge in [0.05, 0.1) is 41.3 Å². The number of aryl methyl sites for hydroxylation is 1. The number of imidazole rings is 1. The quantitative estimate of drug-likeness (QED) is 0.394. The third-order valence-corrected chi connectivity index (χ3v) is 5.82. The van der Waals surface area contributed by atoms with E-state index in [1.165, 1.54) is 0 Å². The Labute approximate surface area is 202 Å². The minimum atomic E-state index is -1.10. The van der Waals surface area contributed by atoms with Crippen LogP contribution in [0.1, 0.15) is 48.2 Å². The van der Waals surface area contributed by atoms with Crippen LogP contribution in [0.15, 0.2) is 48.5 Å². The third kappa shape index (κ3) is 4.89. The number of carbonyl (C=O) groups excluding carboxylic acids is 1. The Balaban J connectivity index is 1.93. The first-order chi connectivity index (χ1) is 16.6. The van der Waals surface area contributed by atoms with Gasteiger partial charge in [-0.15, -0.1) is 0 Å².